The van der Waals surface area contributed by atoms with E-state index in [-0.39, 0.29) is 0 Å². The number of rotatable bonds is 1. The maximum Gasteiger partial charge on any atom is 0.284 e. The lowest BCUT2D eigenvalue weighted by Crippen LogP contribution is -2.42. The molecule has 1 aliphatic heterocycles. The van der Waals surface area contributed by atoms with Crippen molar-refractivity contribution in [3.8, 4) is 0 Å². The van der Waals surface area contributed by atoms with Crippen LogP contribution in [0, 0.1) is 0 Å². The third-order valence-electron chi connectivity index (χ3n) is 3.13. The summed E-state index contributed by atoms with van der Waals surface area (Å²) in [7, 11) is 5.08. The van der Waals surface area contributed by atoms with Crippen molar-refractivity contribution < 1.29 is 9.13 Å². The molecule has 84 valence electrons. The van der Waals surface area contributed by atoms with Gasteiger partial charge in [-0.1, -0.05) is 12.1 Å². The van der Waals surface area contributed by atoms with Crippen LogP contribution in [-0.4, -0.2) is 15.7 Å². The van der Waals surface area contributed by atoms with E-state index in [0.29, 0.717) is 0 Å². The number of anilines is 2. The molecule has 2 radical (unpaired) electrons. The second-order valence-electron chi connectivity index (χ2n) is 4.29. The first kappa shape index (κ1) is 10.5. The monoisotopic (exact) mass is 241 g/mol. The predicted molar refractivity (Wildman–Crippen MR) is 67.6 cm³/mol. The number of aromatic nitrogens is 2. The molecule has 3 rings (SSSR count). The molecule has 0 saturated heterocycles. The second kappa shape index (κ2) is 3.96. The maximum absolute atomic E-state index is 2.40. The van der Waals surface area contributed by atoms with E-state index < -0.39 is 0 Å². The highest BCUT2D eigenvalue weighted by molar-refractivity contribution is 6.58. The third-order valence-corrected chi connectivity index (χ3v) is 4.38. The minimum Gasteiger partial charge on any atom is -0.237 e. The fraction of sp³-hybridized carbons (Fsp3) is 0.231. The van der Waals surface area contributed by atoms with Gasteiger partial charge in [0.25, 0.3) is 11.6 Å². The van der Waals surface area contributed by atoms with Gasteiger partial charge in [0, 0.05) is 11.3 Å². The van der Waals surface area contributed by atoms with Crippen LogP contribution in [-0.2, 0) is 14.1 Å². The Morgan fingerprint density at radius 3 is 2.71 bits per heavy atom. The first-order valence-electron chi connectivity index (χ1n) is 5.72. The maximum atomic E-state index is 2.40. The number of nitrogens with zero attached hydrogens (tertiary/aromatic N) is 3. The van der Waals surface area contributed by atoms with Gasteiger partial charge in [0.15, 0.2) is 0 Å². The summed E-state index contributed by atoms with van der Waals surface area (Å²) in [6.07, 6.45) is 5.30. The van der Waals surface area contributed by atoms with Gasteiger partial charge in [-0.25, -0.2) is 9.13 Å². The van der Waals surface area contributed by atoms with Crippen LogP contribution in [0.15, 0.2) is 42.7 Å². The SMILES string of the molecule is C[n+]1ccccc1N1C[Si]c2ccc[n+](C)c21. The molecule has 17 heavy (non-hydrogen) atoms. The third kappa shape index (κ3) is 1.65. The molecule has 3 heterocycles. The fourth-order valence-corrected chi connectivity index (χ4v) is 3.62. The number of hydrogen-bond acceptors (Lipinski definition) is 1. The van der Waals surface area contributed by atoms with Crippen LogP contribution >= 0.6 is 0 Å². The first-order chi connectivity index (χ1) is 8.27. The quantitative estimate of drug-likeness (QED) is 0.496. The van der Waals surface area contributed by atoms with E-state index in [1.165, 1.54) is 16.8 Å². The Bertz CT molecular complexity index is 568. The molecule has 0 unspecified atom stereocenters. The Kier molecular flexibility index (Phi) is 2.44. The largest absolute Gasteiger partial charge is 0.284 e. The van der Waals surface area contributed by atoms with Gasteiger partial charge in [-0.3, -0.25) is 0 Å². The van der Waals surface area contributed by atoms with Crippen LogP contribution < -0.4 is 19.2 Å². The topological polar surface area (TPSA) is 11.0 Å². The van der Waals surface area contributed by atoms with Crippen molar-refractivity contribution in [3.63, 3.8) is 0 Å². The van der Waals surface area contributed by atoms with Gasteiger partial charge < -0.3 is 0 Å². The molecule has 0 spiro atoms. The van der Waals surface area contributed by atoms with E-state index in [2.05, 4.69) is 70.9 Å². The zero-order chi connectivity index (χ0) is 11.8. The number of aryl methyl sites for hydroxylation is 2. The van der Waals surface area contributed by atoms with Crippen LogP contribution in [0.1, 0.15) is 0 Å². The molecular formula is C13H15N3Si+2. The molecule has 0 atom stereocenters. The van der Waals surface area contributed by atoms with Crippen LogP contribution in [0.3, 0.4) is 0 Å². The van der Waals surface area contributed by atoms with Crippen molar-refractivity contribution in [3.05, 3.63) is 42.7 Å². The van der Waals surface area contributed by atoms with Crippen LogP contribution in [0.5, 0.6) is 0 Å². The highest BCUT2D eigenvalue weighted by atomic mass is 28.2. The molecular weight excluding hydrogens is 226 g/mol. The Hall–Kier alpha value is -1.68. The first-order valence-corrected chi connectivity index (χ1v) is 6.93. The summed E-state index contributed by atoms with van der Waals surface area (Å²) in [4.78, 5) is 2.40. The smallest absolute Gasteiger partial charge is 0.237 e. The molecule has 0 fully saturated rings. The second-order valence-corrected chi connectivity index (χ2v) is 5.50. The Morgan fingerprint density at radius 2 is 1.88 bits per heavy atom. The van der Waals surface area contributed by atoms with E-state index >= 15 is 0 Å². The molecule has 0 amide bonds. The summed E-state index contributed by atoms with van der Waals surface area (Å²) in [6, 6.07) is 10.7. The molecule has 0 bridgehead atoms. The highest BCUT2D eigenvalue weighted by Gasteiger charge is 2.33. The normalized spacial score (nSPS) is 13.9. The van der Waals surface area contributed by atoms with Crippen molar-refractivity contribution in [1.82, 2.24) is 0 Å². The van der Waals surface area contributed by atoms with Gasteiger partial charge in [-0.05, 0) is 12.1 Å². The molecule has 2 aromatic rings. The molecule has 0 N–H and O–H groups in total. The molecule has 0 aromatic carbocycles. The summed E-state index contributed by atoms with van der Waals surface area (Å²) in [5.74, 6) is 2.58. The summed E-state index contributed by atoms with van der Waals surface area (Å²) < 4.78 is 4.38. The Morgan fingerprint density at radius 1 is 1.06 bits per heavy atom. The summed E-state index contributed by atoms with van der Waals surface area (Å²) in [5, 5.41) is 1.46. The van der Waals surface area contributed by atoms with Gasteiger partial charge in [-0.15, -0.1) is 0 Å². The lowest BCUT2D eigenvalue weighted by molar-refractivity contribution is -0.667. The minimum absolute atomic E-state index is 0.870. The molecule has 1 aliphatic rings. The zero-order valence-corrected chi connectivity index (χ0v) is 11.1. The Balaban J connectivity index is 2.13. The van der Waals surface area contributed by atoms with Crippen molar-refractivity contribution >= 4 is 26.3 Å². The van der Waals surface area contributed by atoms with Crippen LogP contribution in [0.2, 0.25) is 0 Å². The number of fused-ring (bicyclic) bond motifs is 1. The van der Waals surface area contributed by atoms with E-state index in [1.54, 1.807) is 0 Å². The standard InChI is InChI=1S/C13H15N3Si/c1-14-8-4-3-7-12(14)16-10-17-11-6-5-9-15(2)13(11)16/h3-9H,10H2,1-2H3/q+2. The number of pyridine rings is 2. The number of hydrogen-bond donors (Lipinski definition) is 0. The Labute approximate surface area is 104 Å². The van der Waals surface area contributed by atoms with Gasteiger partial charge in [0.1, 0.15) is 9.52 Å². The molecule has 0 saturated carbocycles. The van der Waals surface area contributed by atoms with E-state index in [4.69, 9.17) is 0 Å². The van der Waals surface area contributed by atoms with Gasteiger partial charge in [0.05, 0.1) is 32.7 Å². The van der Waals surface area contributed by atoms with Crippen molar-refractivity contribution in [2.75, 3.05) is 11.1 Å². The zero-order valence-electron chi connectivity index (χ0n) is 10.1. The van der Waals surface area contributed by atoms with E-state index in [9.17, 15) is 0 Å². The highest BCUT2D eigenvalue weighted by Crippen LogP contribution is 2.19. The summed E-state index contributed by atoms with van der Waals surface area (Å²) in [6.45, 7) is 0. The molecule has 3 nitrogen and oxygen atoms in total. The van der Waals surface area contributed by atoms with Crippen LogP contribution in [0.25, 0.3) is 0 Å². The average Bonchev–Trinajstić information content (AvgIpc) is 2.75. The lowest BCUT2D eigenvalue weighted by atomic mass is 10.4. The molecule has 4 heteroatoms. The molecule has 2 aromatic heterocycles. The van der Waals surface area contributed by atoms with Crippen LogP contribution in [0.4, 0.5) is 11.6 Å². The van der Waals surface area contributed by atoms with Crippen molar-refractivity contribution in [2.24, 2.45) is 14.1 Å². The van der Waals surface area contributed by atoms with Crippen molar-refractivity contribution in [1.29, 1.82) is 0 Å². The van der Waals surface area contributed by atoms with Crippen molar-refractivity contribution in [2.45, 2.75) is 0 Å². The van der Waals surface area contributed by atoms with Gasteiger partial charge in [0.2, 0.25) is 0 Å². The minimum atomic E-state index is 0.870. The summed E-state index contributed by atoms with van der Waals surface area (Å²) >= 11 is 0. The van der Waals surface area contributed by atoms with Gasteiger partial charge in [-0.2, -0.15) is 4.90 Å². The van der Waals surface area contributed by atoms with E-state index in [1.807, 2.05) is 0 Å². The van der Waals surface area contributed by atoms with Gasteiger partial charge >= 0.3 is 0 Å². The predicted octanol–water partition coefficient (Wildman–Crippen LogP) is -0.226. The molecule has 0 aliphatic carbocycles. The summed E-state index contributed by atoms with van der Waals surface area (Å²) in [5.41, 5.74) is 0. The fourth-order valence-electron chi connectivity index (χ4n) is 2.30. The van der Waals surface area contributed by atoms with E-state index in [0.717, 1.165) is 15.7 Å². The average molecular weight is 241 g/mol. The lowest BCUT2D eigenvalue weighted by Gasteiger charge is -2.12.